The van der Waals surface area contributed by atoms with Crippen molar-refractivity contribution >= 4 is 17.6 Å². The Morgan fingerprint density at radius 1 is 1.10 bits per heavy atom. The van der Waals surface area contributed by atoms with Crippen molar-refractivity contribution in [2.75, 3.05) is 45.7 Å². The minimum Gasteiger partial charge on any atom is -0.492 e. The van der Waals surface area contributed by atoms with Crippen LogP contribution in [-0.4, -0.2) is 57.6 Å². The zero-order valence-corrected chi connectivity index (χ0v) is 18.7. The molecule has 1 saturated heterocycles. The highest BCUT2D eigenvalue weighted by atomic mass is 16.5. The molecule has 7 nitrogen and oxygen atoms in total. The Morgan fingerprint density at radius 3 is 2.48 bits per heavy atom. The van der Waals surface area contributed by atoms with Gasteiger partial charge in [-0.25, -0.2) is 0 Å². The van der Waals surface area contributed by atoms with Gasteiger partial charge in [0.05, 0.1) is 0 Å². The second-order valence-corrected chi connectivity index (χ2v) is 7.89. The van der Waals surface area contributed by atoms with Crippen molar-refractivity contribution in [3.05, 3.63) is 59.7 Å². The van der Waals surface area contributed by atoms with Crippen LogP contribution in [0.15, 0.2) is 53.5 Å². The molecule has 3 rings (SSSR count). The Balaban J connectivity index is 1.46. The molecule has 0 bridgehead atoms. The lowest BCUT2D eigenvalue weighted by atomic mass is 10.2. The first kappa shape index (κ1) is 22.6. The summed E-state index contributed by atoms with van der Waals surface area (Å²) >= 11 is 0. The van der Waals surface area contributed by atoms with Gasteiger partial charge in [0, 0.05) is 45.3 Å². The number of likely N-dealkylation sites (N-methyl/N-ethyl adjacent to an activating group) is 1. The number of hydrogen-bond donors (Lipinski definition) is 2. The van der Waals surface area contributed by atoms with Gasteiger partial charge in [-0.2, -0.15) is 0 Å². The van der Waals surface area contributed by atoms with Crippen LogP contribution < -0.4 is 20.3 Å². The summed E-state index contributed by atoms with van der Waals surface area (Å²) in [6.07, 6.45) is 1.59. The lowest BCUT2D eigenvalue weighted by Gasteiger charge is -2.16. The highest BCUT2D eigenvalue weighted by Crippen LogP contribution is 2.21. The van der Waals surface area contributed by atoms with Gasteiger partial charge in [0.1, 0.15) is 12.4 Å². The van der Waals surface area contributed by atoms with E-state index in [2.05, 4.69) is 38.7 Å². The Labute approximate surface area is 185 Å². The average Bonchev–Trinajstić information content (AvgIpc) is 3.20. The Kier molecular flexibility index (Phi) is 8.29. The standard InChI is InChI=1S/C24H33N5O2/c1-25-24(27-18-20-6-4-7-22(16-20)31-15-14-28(2)3)26-17-19-9-11-21(12-10-19)29-13-5-8-23(29)30/h4,6-7,9-12,16H,5,8,13-15,17-18H2,1-3H3,(H2,25,26,27). The number of ether oxygens (including phenoxy) is 1. The molecule has 0 saturated carbocycles. The maximum absolute atomic E-state index is 11.9. The Morgan fingerprint density at radius 2 is 1.84 bits per heavy atom. The molecule has 2 aromatic rings. The van der Waals surface area contributed by atoms with Crippen molar-refractivity contribution in [1.29, 1.82) is 0 Å². The van der Waals surface area contributed by atoms with Crippen molar-refractivity contribution < 1.29 is 9.53 Å². The fraction of sp³-hybridized carbons (Fsp3) is 0.417. The van der Waals surface area contributed by atoms with Crippen molar-refractivity contribution in [3.8, 4) is 5.75 Å². The van der Waals surface area contributed by atoms with Gasteiger partial charge in [-0.05, 0) is 55.9 Å². The van der Waals surface area contributed by atoms with E-state index in [1.807, 2.05) is 49.3 Å². The molecule has 0 spiro atoms. The van der Waals surface area contributed by atoms with Crippen LogP contribution in [0.4, 0.5) is 5.69 Å². The van der Waals surface area contributed by atoms with Crippen molar-refractivity contribution in [2.45, 2.75) is 25.9 Å². The zero-order chi connectivity index (χ0) is 22.1. The molecule has 1 heterocycles. The van der Waals surface area contributed by atoms with Crippen LogP contribution in [0.5, 0.6) is 5.75 Å². The molecular weight excluding hydrogens is 390 g/mol. The van der Waals surface area contributed by atoms with E-state index in [1.54, 1.807) is 7.05 Å². The predicted octanol–water partition coefficient (Wildman–Crippen LogP) is 2.62. The molecular formula is C24H33N5O2. The number of amides is 1. The maximum atomic E-state index is 11.9. The highest BCUT2D eigenvalue weighted by molar-refractivity contribution is 5.95. The lowest BCUT2D eigenvalue weighted by molar-refractivity contribution is -0.117. The van der Waals surface area contributed by atoms with Crippen LogP contribution in [-0.2, 0) is 17.9 Å². The third-order valence-corrected chi connectivity index (χ3v) is 5.17. The molecule has 166 valence electrons. The third-order valence-electron chi connectivity index (χ3n) is 5.17. The number of nitrogens with one attached hydrogen (secondary N) is 2. The Bertz CT molecular complexity index is 880. The summed E-state index contributed by atoms with van der Waals surface area (Å²) in [5.74, 6) is 1.82. The van der Waals surface area contributed by atoms with E-state index >= 15 is 0 Å². The van der Waals surface area contributed by atoms with Gasteiger partial charge in [-0.3, -0.25) is 9.79 Å². The summed E-state index contributed by atoms with van der Waals surface area (Å²) in [6, 6.07) is 16.2. The number of nitrogens with zero attached hydrogens (tertiary/aromatic N) is 3. The second kappa shape index (κ2) is 11.4. The summed E-state index contributed by atoms with van der Waals surface area (Å²) in [7, 11) is 5.83. The van der Waals surface area contributed by atoms with E-state index in [0.29, 0.717) is 26.1 Å². The fourth-order valence-electron chi connectivity index (χ4n) is 3.40. The molecule has 0 unspecified atom stereocenters. The van der Waals surface area contributed by atoms with Gasteiger partial charge in [0.15, 0.2) is 5.96 Å². The highest BCUT2D eigenvalue weighted by Gasteiger charge is 2.21. The number of guanidine groups is 1. The zero-order valence-electron chi connectivity index (χ0n) is 18.7. The summed E-state index contributed by atoms with van der Waals surface area (Å²) in [5.41, 5.74) is 3.24. The van der Waals surface area contributed by atoms with Crippen molar-refractivity contribution in [3.63, 3.8) is 0 Å². The molecule has 0 atom stereocenters. The number of carbonyl (C=O) groups is 1. The molecule has 1 aliphatic heterocycles. The van der Waals surface area contributed by atoms with Gasteiger partial charge in [-0.15, -0.1) is 0 Å². The van der Waals surface area contributed by atoms with E-state index in [-0.39, 0.29) is 5.91 Å². The SMILES string of the molecule is CN=C(NCc1ccc(N2CCCC2=O)cc1)NCc1cccc(OCCN(C)C)c1. The summed E-state index contributed by atoms with van der Waals surface area (Å²) in [5, 5.41) is 6.68. The molecule has 0 aliphatic carbocycles. The molecule has 2 N–H and O–H groups in total. The van der Waals surface area contributed by atoms with Crippen molar-refractivity contribution in [2.24, 2.45) is 4.99 Å². The first-order valence-corrected chi connectivity index (χ1v) is 10.8. The maximum Gasteiger partial charge on any atom is 0.227 e. The number of anilines is 1. The van der Waals surface area contributed by atoms with Gasteiger partial charge < -0.3 is 25.2 Å². The molecule has 1 amide bonds. The van der Waals surface area contributed by atoms with Crippen LogP contribution in [0.2, 0.25) is 0 Å². The van der Waals surface area contributed by atoms with E-state index in [1.165, 1.54) is 0 Å². The Hall–Kier alpha value is -3.06. The fourth-order valence-corrected chi connectivity index (χ4v) is 3.40. The number of rotatable bonds is 9. The second-order valence-electron chi connectivity index (χ2n) is 7.89. The summed E-state index contributed by atoms with van der Waals surface area (Å²) < 4.78 is 5.81. The summed E-state index contributed by atoms with van der Waals surface area (Å²) in [4.78, 5) is 20.1. The quantitative estimate of drug-likeness (QED) is 0.479. The monoisotopic (exact) mass is 423 g/mol. The van der Waals surface area contributed by atoms with Gasteiger partial charge in [0.2, 0.25) is 5.91 Å². The van der Waals surface area contributed by atoms with Crippen molar-refractivity contribution in [1.82, 2.24) is 15.5 Å². The van der Waals surface area contributed by atoms with Crippen LogP contribution in [0.1, 0.15) is 24.0 Å². The van der Waals surface area contributed by atoms with E-state index in [4.69, 9.17) is 4.74 Å². The molecule has 0 radical (unpaired) electrons. The normalized spacial score (nSPS) is 14.3. The van der Waals surface area contributed by atoms with E-state index in [0.717, 1.165) is 48.0 Å². The average molecular weight is 424 g/mol. The largest absolute Gasteiger partial charge is 0.492 e. The molecule has 1 aliphatic rings. The first-order chi connectivity index (χ1) is 15.0. The molecule has 31 heavy (non-hydrogen) atoms. The summed E-state index contributed by atoms with van der Waals surface area (Å²) in [6.45, 7) is 3.67. The number of aliphatic imine (C=N–C) groups is 1. The predicted molar refractivity (Wildman–Crippen MR) is 126 cm³/mol. The first-order valence-electron chi connectivity index (χ1n) is 10.8. The number of benzene rings is 2. The molecule has 0 aromatic heterocycles. The van der Waals surface area contributed by atoms with Crippen LogP contribution in [0, 0.1) is 0 Å². The topological polar surface area (TPSA) is 69.2 Å². The van der Waals surface area contributed by atoms with Crippen LogP contribution in [0.3, 0.4) is 0 Å². The van der Waals surface area contributed by atoms with Gasteiger partial charge >= 0.3 is 0 Å². The minimum absolute atomic E-state index is 0.211. The van der Waals surface area contributed by atoms with Gasteiger partial charge in [0.25, 0.3) is 0 Å². The molecule has 2 aromatic carbocycles. The smallest absolute Gasteiger partial charge is 0.227 e. The van der Waals surface area contributed by atoms with E-state index < -0.39 is 0 Å². The molecule has 7 heteroatoms. The third kappa shape index (κ3) is 7.00. The van der Waals surface area contributed by atoms with E-state index in [9.17, 15) is 4.79 Å². The van der Waals surface area contributed by atoms with Crippen LogP contribution >= 0.6 is 0 Å². The van der Waals surface area contributed by atoms with Crippen LogP contribution in [0.25, 0.3) is 0 Å². The number of carbonyl (C=O) groups excluding carboxylic acids is 1. The van der Waals surface area contributed by atoms with Gasteiger partial charge in [-0.1, -0.05) is 24.3 Å². The minimum atomic E-state index is 0.211. The lowest BCUT2D eigenvalue weighted by Crippen LogP contribution is -2.36. The number of hydrogen-bond acceptors (Lipinski definition) is 4. The molecule has 1 fully saturated rings.